The highest BCUT2D eigenvalue weighted by Crippen LogP contribution is 2.26. The van der Waals surface area contributed by atoms with Gasteiger partial charge in [0.25, 0.3) is 5.88 Å². The second-order valence-electron chi connectivity index (χ2n) is 3.30. The third-order valence-corrected chi connectivity index (χ3v) is 2.55. The molecule has 0 saturated carbocycles. The molecule has 0 unspecified atom stereocenters. The van der Waals surface area contributed by atoms with Gasteiger partial charge in [0.15, 0.2) is 0 Å². The van der Waals surface area contributed by atoms with Crippen LogP contribution in [0.1, 0.15) is 0 Å². The Kier molecular flexibility index (Phi) is 4.02. The van der Waals surface area contributed by atoms with Crippen LogP contribution in [0.15, 0.2) is 24.5 Å². The van der Waals surface area contributed by atoms with Gasteiger partial charge in [-0.05, 0) is 12.1 Å². The average Bonchev–Trinajstić information content (AvgIpc) is 2.84. The van der Waals surface area contributed by atoms with Gasteiger partial charge in [0.2, 0.25) is 0 Å². The molecule has 0 aliphatic heterocycles. The molecular formula is C10H11N5O2S. The van der Waals surface area contributed by atoms with Gasteiger partial charge in [-0.1, -0.05) is 0 Å². The normalized spacial score (nSPS) is 10.0. The molecule has 8 heteroatoms. The van der Waals surface area contributed by atoms with E-state index in [0.717, 1.165) is 17.3 Å². The van der Waals surface area contributed by atoms with Crippen molar-refractivity contribution in [2.24, 2.45) is 5.73 Å². The minimum absolute atomic E-state index is 0.279. The fraction of sp³-hybridized carbons (Fsp3) is 0.200. The smallest absolute Gasteiger partial charge is 0.312 e. The predicted octanol–water partition coefficient (Wildman–Crippen LogP) is 0.647. The third-order valence-electron chi connectivity index (χ3n) is 2.03. The highest BCUT2D eigenvalue weighted by atomic mass is 32.1. The van der Waals surface area contributed by atoms with Crippen LogP contribution in [-0.4, -0.2) is 32.9 Å². The molecule has 0 aliphatic carbocycles. The van der Waals surface area contributed by atoms with Crippen molar-refractivity contribution in [3.8, 4) is 17.1 Å². The van der Waals surface area contributed by atoms with Crippen molar-refractivity contribution in [3.63, 3.8) is 0 Å². The molecule has 2 amide bonds. The molecule has 7 nitrogen and oxygen atoms in total. The molecule has 2 aromatic rings. The molecule has 0 atom stereocenters. The van der Waals surface area contributed by atoms with Crippen LogP contribution in [0.25, 0.3) is 11.3 Å². The highest BCUT2D eigenvalue weighted by Gasteiger charge is 2.11. The van der Waals surface area contributed by atoms with Crippen molar-refractivity contribution < 1.29 is 9.53 Å². The summed E-state index contributed by atoms with van der Waals surface area (Å²) in [6.07, 6.45) is 3.37. The SMILES string of the molecule is NC(=O)NCCOc1nsnc1-c1cccnc1. The van der Waals surface area contributed by atoms with Crippen LogP contribution in [-0.2, 0) is 0 Å². The number of carbonyl (C=O) groups excluding carboxylic acids is 1. The monoisotopic (exact) mass is 265 g/mol. The van der Waals surface area contributed by atoms with Crippen LogP contribution in [0, 0.1) is 0 Å². The zero-order valence-corrected chi connectivity index (χ0v) is 10.2. The molecule has 0 spiro atoms. The molecule has 0 bridgehead atoms. The lowest BCUT2D eigenvalue weighted by atomic mass is 10.2. The van der Waals surface area contributed by atoms with Crippen LogP contribution in [0.3, 0.4) is 0 Å². The maximum absolute atomic E-state index is 10.5. The maximum atomic E-state index is 10.5. The molecule has 0 aliphatic rings. The van der Waals surface area contributed by atoms with E-state index < -0.39 is 6.03 Å². The molecule has 2 aromatic heterocycles. The first-order valence-electron chi connectivity index (χ1n) is 5.16. The summed E-state index contributed by atoms with van der Waals surface area (Å²) in [7, 11) is 0. The van der Waals surface area contributed by atoms with Crippen LogP contribution in [0.4, 0.5) is 4.79 Å². The number of nitrogens with zero attached hydrogens (tertiary/aromatic N) is 3. The first-order chi connectivity index (χ1) is 8.77. The number of hydrogen-bond acceptors (Lipinski definition) is 6. The summed E-state index contributed by atoms with van der Waals surface area (Å²) >= 11 is 1.06. The summed E-state index contributed by atoms with van der Waals surface area (Å²) in [5, 5.41) is 2.42. The summed E-state index contributed by atoms with van der Waals surface area (Å²) in [6.45, 7) is 0.598. The van der Waals surface area contributed by atoms with E-state index in [1.54, 1.807) is 12.4 Å². The van der Waals surface area contributed by atoms with Crippen molar-refractivity contribution in [2.75, 3.05) is 13.2 Å². The van der Waals surface area contributed by atoms with E-state index in [0.29, 0.717) is 18.1 Å². The highest BCUT2D eigenvalue weighted by molar-refractivity contribution is 6.99. The molecule has 2 rings (SSSR count). The van der Waals surface area contributed by atoms with E-state index in [-0.39, 0.29) is 6.61 Å². The standard InChI is InChI=1S/C10H11N5O2S/c11-10(16)13-4-5-17-9-8(14-18-15-9)7-2-1-3-12-6-7/h1-3,6H,4-5H2,(H3,11,13,16). The number of amides is 2. The minimum Gasteiger partial charge on any atom is -0.474 e. The van der Waals surface area contributed by atoms with Gasteiger partial charge in [-0.2, -0.15) is 4.37 Å². The van der Waals surface area contributed by atoms with Crippen molar-refractivity contribution in [1.82, 2.24) is 19.0 Å². The number of nitrogens with two attached hydrogens (primary N) is 1. The quantitative estimate of drug-likeness (QED) is 0.772. The summed E-state index contributed by atoms with van der Waals surface area (Å²) in [5.41, 5.74) is 6.42. The summed E-state index contributed by atoms with van der Waals surface area (Å²) in [6, 6.07) is 3.10. The third kappa shape index (κ3) is 3.14. The van der Waals surface area contributed by atoms with Crippen molar-refractivity contribution in [2.45, 2.75) is 0 Å². The number of pyridine rings is 1. The van der Waals surface area contributed by atoms with Crippen LogP contribution >= 0.6 is 11.7 Å². The van der Waals surface area contributed by atoms with Gasteiger partial charge in [-0.15, -0.1) is 4.37 Å². The second-order valence-corrected chi connectivity index (χ2v) is 3.83. The van der Waals surface area contributed by atoms with Crippen molar-refractivity contribution in [1.29, 1.82) is 0 Å². The van der Waals surface area contributed by atoms with Gasteiger partial charge in [0.05, 0.1) is 18.3 Å². The molecular weight excluding hydrogens is 254 g/mol. The lowest BCUT2D eigenvalue weighted by Crippen LogP contribution is -2.32. The lowest BCUT2D eigenvalue weighted by molar-refractivity contribution is 0.244. The van der Waals surface area contributed by atoms with Crippen LogP contribution in [0.5, 0.6) is 5.88 Å². The van der Waals surface area contributed by atoms with Gasteiger partial charge in [-0.3, -0.25) is 4.98 Å². The van der Waals surface area contributed by atoms with Crippen LogP contribution in [0.2, 0.25) is 0 Å². The summed E-state index contributed by atoms with van der Waals surface area (Å²) in [4.78, 5) is 14.5. The van der Waals surface area contributed by atoms with E-state index in [1.807, 2.05) is 12.1 Å². The zero-order chi connectivity index (χ0) is 12.8. The number of aromatic nitrogens is 3. The van der Waals surface area contributed by atoms with Gasteiger partial charge in [0, 0.05) is 18.0 Å². The first kappa shape index (κ1) is 12.2. The molecule has 0 aromatic carbocycles. The molecule has 94 valence electrons. The molecule has 2 heterocycles. The molecule has 0 saturated heterocycles. The fourth-order valence-corrected chi connectivity index (χ4v) is 1.80. The number of rotatable bonds is 5. The molecule has 3 N–H and O–H groups in total. The van der Waals surface area contributed by atoms with Gasteiger partial charge >= 0.3 is 6.03 Å². The van der Waals surface area contributed by atoms with Crippen LogP contribution < -0.4 is 15.8 Å². The number of urea groups is 1. The second kappa shape index (κ2) is 5.92. The topological polar surface area (TPSA) is 103 Å². The van der Waals surface area contributed by atoms with Gasteiger partial charge in [0.1, 0.15) is 12.3 Å². The lowest BCUT2D eigenvalue weighted by Gasteiger charge is -2.04. The zero-order valence-electron chi connectivity index (χ0n) is 9.37. The minimum atomic E-state index is -0.581. The molecule has 18 heavy (non-hydrogen) atoms. The summed E-state index contributed by atoms with van der Waals surface area (Å²) in [5.74, 6) is 0.430. The Morgan fingerprint density at radius 3 is 3.11 bits per heavy atom. The van der Waals surface area contributed by atoms with Gasteiger partial charge in [-0.25, -0.2) is 4.79 Å². The summed E-state index contributed by atoms with van der Waals surface area (Å²) < 4.78 is 13.6. The fourth-order valence-electron chi connectivity index (χ4n) is 1.28. The number of ether oxygens (including phenoxy) is 1. The largest absolute Gasteiger partial charge is 0.474 e. The molecule has 0 fully saturated rings. The Labute approximate surface area is 107 Å². The van der Waals surface area contributed by atoms with E-state index >= 15 is 0 Å². The van der Waals surface area contributed by atoms with E-state index in [1.165, 1.54) is 0 Å². The van der Waals surface area contributed by atoms with Crippen molar-refractivity contribution in [3.05, 3.63) is 24.5 Å². The number of carbonyl (C=O) groups is 1. The number of hydrogen-bond donors (Lipinski definition) is 2. The Balaban J connectivity index is 1.98. The maximum Gasteiger partial charge on any atom is 0.312 e. The first-order valence-corrected chi connectivity index (χ1v) is 5.89. The Bertz CT molecular complexity index is 516. The Morgan fingerprint density at radius 1 is 1.50 bits per heavy atom. The molecule has 0 radical (unpaired) electrons. The van der Waals surface area contributed by atoms with E-state index in [9.17, 15) is 4.79 Å². The average molecular weight is 265 g/mol. The number of nitrogens with one attached hydrogen (secondary N) is 1. The van der Waals surface area contributed by atoms with E-state index in [4.69, 9.17) is 10.5 Å². The Hall–Kier alpha value is -2.22. The predicted molar refractivity (Wildman–Crippen MR) is 66.2 cm³/mol. The van der Waals surface area contributed by atoms with Gasteiger partial charge < -0.3 is 15.8 Å². The number of primary amides is 1. The van der Waals surface area contributed by atoms with Crippen molar-refractivity contribution >= 4 is 17.8 Å². The Morgan fingerprint density at radius 2 is 2.39 bits per heavy atom. The van der Waals surface area contributed by atoms with E-state index in [2.05, 4.69) is 19.0 Å².